The van der Waals surface area contributed by atoms with Crippen LogP contribution in [0, 0.1) is 0 Å². The van der Waals surface area contributed by atoms with E-state index in [0.29, 0.717) is 11.3 Å². The zero-order valence-electron chi connectivity index (χ0n) is 12.3. The number of aliphatic hydroxyl groups is 1. The van der Waals surface area contributed by atoms with Crippen LogP contribution in [-0.2, 0) is 10.4 Å². The van der Waals surface area contributed by atoms with Gasteiger partial charge in [0.2, 0.25) is 0 Å². The predicted molar refractivity (Wildman–Crippen MR) is 88.6 cm³/mol. The minimum atomic E-state index is -1.61. The normalized spacial score (nSPS) is 13.5. The van der Waals surface area contributed by atoms with Gasteiger partial charge in [0.05, 0.1) is 0 Å². The molecule has 0 aliphatic rings. The maximum absolute atomic E-state index is 12.5. The molecular weight excluding hydrogens is 274 g/mol. The van der Waals surface area contributed by atoms with Gasteiger partial charge >= 0.3 is 0 Å². The molecule has 2 N–H and O–H groups in total. The molecule has 0 bridgehead atoms. The van der Waals surface area contributed by atoms with Crippen LogP contribution in [0.1, 0.15) is 12.5 Å². The van der Waals surface area contributed by atoms with Gasteiger partial charge in [0, 0.05) is 11.3 Å². The second-order valence-corrected chi connectivity index (χ2v) is 5.42. The van der Waals surface area contributed by atoms with Crippen LogP contribution in [0.5, 0.6) is 0 Å². The lowest BCUT2D eigenvalue weighted by atomic mass is 9.90. The van der Waals surface area contributed by atoms with E-state index in [1.165, 1.54) is 6.92 Å². The molecule has 0 spiro atoms. The average molecular weight is 291 g/mol. The second kappa shape index (κ2) is 5.62. The van der Waals surface area contributed by atoms with Gasteiger partial charge in [-0.3, -0.25) is 4.79 Å². The van der Waals surface area contributed by atoms with Crippen molar-refractivity contribution in [2.75, 3.05) is 5.32 Å². The first-order chi connectivity index (χ1) is 10.6. The highest BCUT2D eigenvalue weighted by molar-refractivity contribution is 6.01. The molecule has 1 amide bonds. The molecule has 0 radical (unpaired) electrons. The predicted octanol–water partition coefficient (Wildman–Crippen LogP) is 3.69. The number of para-hydroxylation sites is 1. The monoisotopic (exact) mass is 291 g/mol. The van der Waals surface area contributed by atoms with Crippen LogP contribution in [0.2, 0.25) is 0 Å². The van der Waals surface area contributed by atoms with Gasteiger partial charge in [-0.05, 0) is 29.8 Å². The Balaban J connectivity index is 1.99. The number of anilines is 1. The maximum Gasteiger partial charge on any atom is 0.260 e. The third-order valence-corrected chi connectivity index (χ3v) is 3.79. The molecule has 22 heavy (non-hydrogen) atoms. The highest BCUT2D eigenvalue weighted by atomic mass is 16.3. The van der Waals surface area contributed by atoms with Crippen LogP contribution >= 0.6 is 0 Å². The molecule has 110 valence electrons. The number of hydrogen-bond acceptors (Lipinski definition) is 2. The molecule has 0 saturated heterocycles. The molecule has 0 aliphatic carbocycles. The summed E-state index contributed by atoms with van der Waals surface area (Å²) in [5, 5.41) is 15.4. The van der Waals surface area contributed by atoms with Crippen molar-refractivity contribution in [1.29, 1.82) is 0 Å². The van der Waals surface area contributed by atoms with Gasteiger partial charge in [-0.2, -0.15) is 0 Å². The lowest BCUT2D eigenvalue weighted by molar-refractivity contribution is -0.133. The summed E-state index contributed by atoms with van der Waals surface area (Å²) in [7, 11) is 0. The number of fused-ring (bicyclic) bond motifs is 1. The Morgan fingerprint density at radius 1 is 0.909 bits per heavy atom. The molecule has 0 aromatic heterocycles. The Morgan fingerprint density at radius 2 is 1.55 bits per heavy atom. The summed E-state index contributed by atoms with van der Waals surface area (Å²) in [5.41, 5.74) is -0.358. The van der Waals surface area contributed by atoms with Crippen LogP contribution < -0.4 is 5.32 Å². The summed E-state index contributed by atoms with van der Waals surface area (Å²) in [6.07, 6.45) is 0. The van der Waals surface area contributed by atoms with Crippen LogP contribution in [-0.4, -0.2) is 11.0 Å². The van der Waals surface area contributed by atoms with E-state index in [9.17, 15) is 9.90 Å². The van der Waals surface area contributed by atoms with Crippen molar-refractivity contribution in [3.63, 3.8) is 0 Å². The van der Waals surface area contributed by atoms with E-state index in [0.717, 1.165) is 10.8 Å². The lowest BCUT2D eigenvalue weighted by Gasteiger charge is -2.24. The molecule has 3 rings (SSSR count). The lowest BCUT2D eigenvalue weighted by Crippen LogP contribution is -2.37. The molecule has 3 aromatic carbocycles. The molecule has 0 heterocycles. The Labute approximate surface area is 129 Å². The van der Waals surface area contributed by atoms with Crippen LogP contribution in [0.25, 0.3) is 10.8 Å². The average Bonchev–Trinajstić information content (AvgIpc) is 2.55. The number of benzene rings is 3. The number of amides is 1. The fourth-order valence-corrected chi connectivity index (χ4v) is 2.55. The molecular formula is C19H17NO2. The van der Waals surface area contributed by atoms with Gasteiger partial charge in [-0.1, -0.05) is 60.7 Å². The van der Waals surface area contributed by atoms with Gasteiger partial charge < -0.3 is 10.4 Å². The summed E-state index contributed by atoms with van der Waals surface area (Å²) >= 11 is 0. The SMILES string of the molecule is CC(O)(C(=O)Nc1ccccc1)c1cccc2ccccc12. The Hall–Kier alpha value is -2.65. The van der Waals surface area contributed by atoms with Crippen molar-refractivity contribution >= 4 is 22.4 Å². The molecule has 1 atom stereocenters. The number of hydrogen-bond donors (Lipinski definition) is 2. The zero-order valence-corrected chi connectivity index (χ0v) is 12.3. The third kappa shape index (κ3) is 2.59. The summed E-state index contributed by atoms with van der Waals surface area (Å²) in [6, 6.07) is 22.4. The van der Waals surface area contributed by atoms with Crippen molar-refractivity contribution in [3.05, 3.63) is 78.4 Å². The molecule has 0 fully saturated rings. The minimum Gasteiger partial charge on any atom is -0.375 e. The van der Waals surface area contributed by atoms with E-state index in [4.69, 9.17) is 0 Å². The topological polar surface area (TPSA) is 49.3 Å². The van der Waals surface area contributed by atoms with E-state index in [1.54, 1.807) is 18.2 Å². The summed E-state index contributed by atoms with van der Waals surface area (Å²) in [5.74, 6) is -0.449. The van der Waals surface area contributed by atoms with Crippen molar-refractivity contribution < 1.29 is 9.90 Å². The Bertz CT molecular complexity index is 805. The summed E-state index contributed by atoms with van der Waals surface area (Å²) in [4.78, 5) is 12.5. The first-order valence-electron chi connectivity index (χ1n) is 7.16. The van der Waals surface area contributed by atoms with Gasteiger partial charge in [0.25, 0.3) is 5.91 Å². The first kappa shape index (κ1) is 14.3. The minimum absolute atomic E-state index is 0.449. The second-order valence-electron chi connectivity index (χ2n) is 5.42. The quantitative estimate of drug-likeness (QED) is 0.773. The fraction of sp³-hybridized carbons (Fsp3) is 0.105. The van der Waals surface area contributed by atoms with Crippen molar-refractivity contribution in [1.82, 2.24) is 0 Å². The molecule has 0 aliphatic heterocycles. The maximum atomic E-state index is 12.5. The highest BCUT2D eigenvalue weighted by Gasteiger charge is 2.33. The molecule has 3 heteroatoms. The van der Waals surface area contributed by atoms with Crippen LogP contribution in [0.15, 0.2) is 72.8 Å². The molecule has 3 nitrogen and oxygen atoms in total. The summed E-state index contributed by atoms with van der Waals surface area (Å²) < 4.78 is 0. The van der Waals surface area contributed by atoms with Gasteiger partial charge in [-0.25, -0.2) is 0 Å². The number of carbonyl (C=O) groups is 1. The standard InChI is InChI=1S/C19H17NO2/c1-19(22,18(21)20-15-10-3-2-4-11-15)17-13-7-9-14-8-5-6-12-16(14)17/h2-13,22H,1H3,(H,20,21). The number of carbonyl (C=O) groups excluding carboxylic acids is 1. The van der Waals surface area contributed by atoms with Gasteiger partial charge in [0.15, 0.2) is 5.60 Å². The largest absolute Gasteiger partial charge is 0.375 e. The molecule has 0 saturated carbocycles. The molecule has 1 unspecified atom stereocenters. The van der Waals surface area contributed by atoms with Crippen molar-refractivity contribution in [3.8, 4) is 0 Å². The Kier molecular flexibility index (Phi) is 3.65. The van der Waals surface area contributed by atoms with Crippen molar-refractivity contribution in [2.45, 2.75) is 12.5 Å². The van der Waals surface area contributed by atoms with E-state index < -0.39 is 11.5 Å². The van der Waals surface area contributed by atoms with Gasteiger partial charge in [-0.15, -0.1) is 0 Å². The zero-order chi connectivity index (χ0) is 15.6. The van der Waals surface area contributed by atoms with Crippen molar-refractivity contribution in [2.24, 2.45) is 0 Å². The van der Waals surface area contributed by atoms with Gasteiger partial charge in [0.1, 0.15) is 0 Å². The number of rotatable bonds is 3. The van der Waals surface area contributed by atoms with E-state index >= 15 is 0 Å². The summed E-state index contributed by atoms with van der Waals surface area (Å²) in [6.45, 7) is 1.52. The van der Waals surface area contributed by atoms with Crippen LogP contribution in [0.4, 0.5) is 5.69 Å². The Morgan fingerprint density at radius 3 is 2.32 bits per heavy atom. The highest BCUT2D eigenvalue weighted by Crippen LogP contribution is 2.29. The van der Waals surface area contributed by atoms with E-state index in [2.05, 4.69) is 5.32 Å². The van der Waals surface area contributed by atoms with Crippen LogP contribution in [0.3, 0.4) is 0 Å². The van der Waals surface area contributed by atoms with E-state index in [1.807, 2.05) is 54.6 Å². The fourth-order valence-electron chi connectivity index (χ4n) is 2.55. The first-order valence-corrected chi connectivity index (χ1v) is 7.16. The molecule has 3 aromatic rings. The number of nitrogens with one attached hydrogen (secondary N) is 1. The smallest absolute Gasteiger partial charge is 0.260 e. The third-order valence-electron chi connectivity index (χ3n) is 3.79. The van der Waals surface area contributed by atoms with E-state index in [-0.39, 0.29) is 0 Å².